The van der Waals surface area contributed by atoms with E-state index >= 15 is 0 Å². The first-order valence-electron chi connectivity index (χ1n) is 5.68. The van der Waals surface area contributed by atoms with Crippen molar-refractivity contribution >= 4 is 23.1 Å². The SMILES string of the molecule is O=[N+]([O-])c1cnc(Cl)nc1NC1CCC(O)CC1. The minimum Gasteiger partial charge on any atom is -0.393 e. The van der Waals surface area contributed by atoms with Crippen LogP contribution in [-0.2, 0) is 0 Å². The van der Waals surface area contributed by atoms with Crippen LogP contribution < -0.4 is 5.32 Å². The van der Waals surface area contributed by atoms with E-state index in [1.165, 1.54) is 0 Å². The third-order valence-electron chi connectivity index (χ3n) is 2.97. The molecule has 0 atom stereocenters. The third-order valence-corrected chi connectivity index (χ3v) is 3.16. The van der Waals surface area contributed by atoms with Crippen LogP contribution in [-0.4, -0.2) is 32.1 Å². The van der Waals surface area contributed by atoms with Gasteiger partial charge in [-0.1, -0.05) is 0 Å². The van der Waals surface area contributed by atoms with Crippen molar-refractivity contribution in [2.75, 3.05) is 5.32 Å². The highest BCUT2D eigenvalue weighted by molar-refractivity contribution is 6.28. The van der Waals surface area contributed by atoms with Gasteiger partial charge >= 0.3 is 5.69 Å². The Kier molecular flexibility index (Phi) is 3.93. The molecule has 1 aromatic heterocycles. The number of rotatable bonds is 3. The molecule has 18 heavy (non-hydrogen) atoms. The van der Waals surface area contributed by atoms with E-state index in [-0.39, 0.29) is 28.9 Å². The van der Waals surface area contributed by atoms with Crippen LogP contribution in [0.3, 0.4) is 0 Å². The summed E-state index contributed by atoms with van der Waals surface area (Å²) in [5.41, 5.74) is -0.189. The van der Waals surface area contributed by atoms with Crippen molar-refractivity contribution in [2.45, 2.75) is 37.8 Å². The van der Waals surface area contributed by atoms with E-state index < -0.39 is 4.92 Å². The van der Waals surface area contributed by atoms with Crippen LogP contribution in [0.1, 0.15) is 25.7 Å². The van der Waals surface area contributed by atoms with Gasteiger partial charge in [-0.25, -0.2) is 4.98 Å². The van der Waals surface area contributed by atoms with Gasteiger partial charge in [0.05, 0.1) is 11.0 Å². The molecule has 0 saturated heterocycles. The summed E-state index contributed by atoms with van der Waals surface area (Å²) in [5, 5.41) is 23.2. The molecule has 2 N–H and O–H groups in total. The standard InChI is InChI=1S/C10H13ClN4O3/c11-10-12-5-8(15(17)18)9(14-10)13-6-1-3-7(16)4-2-6/h5-7,16H,1-4H2,(H,12,13,14). The summed E-state index contributed by atoms with van der Waals surface area (Å²) in [6, 6.07) is 0.0677. The van der Waals surface area contributed by atoms with Crippen molar-refractivity contribution in [3.63, 3.8) is 0 Å². The van der Waals surface area contributed by atoms with Crippen LogP contribution in [0.4, 0.5) is 11.5 Å². The van der Waals surface area contributed by atoms with Crippen molar-refractivity contribution in [1.29, 1.82) is 0 Å². The molecule has 7 nitrogen and oxygen atoms in total. The lowest BCUT2D eigenvalue weighted by molar-refractivity contribution is -0.384. The van der Waals surface area contributed by atoms with Crippen LogP contribution in [0, 0.1) is 10.1 Å². The fraction of sp³-hybridized carbons (Fsp3) is 0.600. The van der Waals surface area contributed by atoms with Gasteiger partial charge in [0.25, 0.3) is 0 Å². The maximum atomic E-state index is 10.8. The van der Waals surface area contributed by atoms with Crippen LogP contribution in [0.5, 0.6) is 0 Å². The fourth-order valence-corrected chi connectivity index (χ4v) is 2.14. The van der Waals surface area contributed by atoms with Crippen LogP contribution in [0.15, 0.2) is 6.20 Å². The maximum Gasteiger partial charge on any atom is 0.329 e. The summed E-state index contributed by atoms with van der Waals surface area (Å²) in [5.74, 6) is 0.140. The topological polar surface area (TPSA) is 101 Å². The number of nitro groups is 1. The molecule has 98 valence electrons. The zero-order chi connectivity index (χ0) is 13.1. The summed E-state index contributed by atoms with van der Waals surface area (Å²) in [6.07, 6.45) is 3.69. The molecule has 1 aromatic rings. The number of hydrogen-bond acceptors (Lipinski definition) is 6. The molecule has 0 amide bonds. The predicted molar refractivity (Wildman–Crippen MR) is 65.6 cm³/mol. The van der Waals surface area contributed by atoms with Gasteiger partial charge in [-0.05, 0) is 37.3 Å². The van der Waals surface area contributed by atoms with E-state index in [9.17, 15) is 15.2 Å². The van der Waals surface area contributed by atoms with Gasteiger partial charge < -0.3 is 10.4 Å². The molecule has 0 aromatic carbocycles. The molecule has 0 aliphatic heterocycles. The molecule has 1 aliphatic rings. The highest BCUT2D eigenvalue weighted by Crippen LogP contribution is 2.27. The van der Waals surface area contributed by atoms with Gasteiger partial charge in [0.15, 0.2) is 0 Å². The molecular weight excluding hydrogens is 260 g/mol. The number of anilines is 1. The van der Waals surface area contributed by atoms with Gasteiger partial charge in [0.1, 0.15) is 6.20 Å². The smallest absolute Gasteiger partial charge is 0.329 e. The van der Waals surface area contributed by atoms with E-state index in [1.807, 2.05) is 0 Å². The van der Waals surface area contributed by atoms with Crippen LogP contribution in [0.2, 0.25) is 5.28 Å². The van der Waals surface area contributed by atoms with Crippen molar-refractivity contribution in [3.8, 4) is 0 Å². The van der Waals surface area contributed by atoms with Gasteiger partial charge in [-0.2, -0.15) is 4.98 Å². The average molecular weight is 273 g/mol. The molecule has 1 saturated carbocycles. The number of nitrogens with one attached hydrogen (secondary N) is 1. The first-order chi connectivity index (χ1) is 8.56. The van der Waals surface area contributed by atoms with Gasteiger partial charge in [-0.15, -0.1) is 0 Å². The second-order valence-corrected chi connectivity index (χ2v) is 4.62. The summed E-state index contributed by atoms with van der Waals surface area (Å²) < 4.78 is 0. The Labute approximate surface area is 108 Å². The lowest BCUT2D eigenvalue weighted by atomic mass is 9.93. The number of aromatic nitrogens is 2. The molecule has 0 bridgehead atoms. The Bertz CT molecular complexity index is 449. The Morgan fingerprint density at radius 3 is 2.72 bits per heavy atom. The molecule has 1 heterocycles. The third kappa shape index (κ3) is 3.05. The summed E-state index contributed by atoms with van der Waals surface area (Å²) in [6.45, 7) is 0. The molecule has 2 rings (SSSR count). The second kappa shape index (κ2) is 5.45. The largest absolute Gasteiger partial charge is 0.393 e. The zero-order valence-electron chi connectivity index (χ0n) is 9.54. The van der Waals surface area contributed by atoms with Crippen molar-refractivity contribution < 1.29 is 10.0 Å². The van der Waals surface area contributed by atoms with Gasteiger partial charge in [0.2, 0.25) is 11.1 Å². The lowest BCUT2D eigenvalue weighted by Gasteiger charge is -2.26. The van der Waals surface area contributed by atoms with Crippen molar-refractivity contribution in [1.82, 2.24) is 9.97 Å². The normalized spacial score (nSPS) is 23.7. The molecule has 8 heteroatoms. The predicted octanol–water partition coefficient (Wildman–Crippen LogP) is 1.75. The highest BCUT2D eigenvalue weighted by Gasteiger charge is 2.23. The molecule has 0 unspecified atom stereocenters. The second-order valence-electron chi connectivity index (χ2n) is 4.28. The summed E-state index contributed by atoms with van der Waals surface area (Å²) >= 11 is 5.64. The van der Waals surface area contributed by atoms with E-state index in [0.29, 0.717) is 12.8 Å². The quantitative estimate of drug-likeness (QED) is 0.494. The number of aliphatic hydroxyl groups excluding tert-OH is 1. The Balaban J connectivity index is 2.12. The first kappa shape index (κ1) is 13.0. The minimum atomic E-state index is -0.545. The maximum absolute atomic E-state index is 10.8. The molecule has 1 fully saturated rings. The van der Waals surface area contributed by atoms with Crippen LogP contribution >= 0.6 is 11.6 Å². The molecular formula is C10H13ClN4O3. The Morgan fingerprint density at radius 2 is 2.11 bits per heavy atom. The van der Waals surface area contributed by atoms with Crippen LogP contribution in [0.25, 0.3) is 0 Å². The van der Waals surface area contributed by atoms with E-state index in [4.69, 9.17) is 11.6 Å². The molecule has 1 aliphatic carbocycles. The Morgan fingerprint density at radius 1 is 1.44 bits per heavy atom. The summed E-state index contributed by atoms with van der Waals surface area (Å²) in [7, 11) is 0. The van der Waals surface area contributed by atoms with Crippen molar-refractivity contribution in [2.24, 2.45) is 0 Å². The van der Waals surface area contributed by atoms with E-state index in [1.54, 1.807) is 0 Å². The Hall–Kier alpha value is -1.47. The number of hydrogen-bond donors (Lipinski definition) is 2. The monoisotopic (exact) mass is 272 g/mol. The fourth-order valence-electron chi connectivity index (χ4n) is 2.01. The average Bonchev–Trinajstić information content (AvgIpc) is 2.32. The number of nitrogens with zero attached hydrogens (tertiary/aromatic N) is 3. The summed E-state index contributed by atoms with van der Waals surface area (Å²) in [4.78, 5) is 17.7. The van der Waals surface area contributed by atoms with Gasteiger partial charge in [0, 0.05) is 6.04 Å². The number of halogens is 1. The highest BCUT2D eigenvalue weighted by atomic mass is 35.5. The van der Waals surface area contributed by atoms with E-state index in [0.717, 1.165) is 19.0 Å². The number of aliphatic hydroxyl groups is 1. The van der Waals surface area contributed by atoms with E-state index in [2.05, 4.69) is 15.3 Å². The van der Waals surface area contributed by atoms with Crippen molar-refractivity contribution in [3.05, 3.63) is 21.6 Å². The molecule has 0 spiro atoms. The zero-order valence-corrected chi connectivity index (χ0v) is 10.3. The molecule has 0 radical (unpaired) electrons. The first-order valence-corrected chi connectivity index (χ1v) is 6.05. The minimum absolute atomic E-state index is 0.0288. The van der Waals surface area contributed by atoms with Gasteiger partial charge in [-0.3, -0.25) is 10.1 Å². The lowest BCUT2D eigenvalue weighted by Crippen LogP contribution is -2.28.